The van der Waals surface area contributed by atoms with Gasteiger partial charge in [0.1, 0.15) is 0 Å². The van der Waals surface area contributed by atoms with Crippen LogP contribution in [0.5, 0.6) is 0 Å². The minimum absolute atomic E-state index is 0.0159. The number of hydrogen-bond acceptors (Lipinski definition) is 3. The SMILES string of the molecule is CCN(CC)CCN(C(=O)CC(NC(C)=O)c1ccccc1)c1cccc(Br)c1. The van der Waals surface area contributed by atoms with Gasteiger partial charge in [0.25, 0.3) is 0 Å². The van der Waals surface area contributed by atoms with Gasteiger partial charge in [-0.25, -0.2) is 0 Å². The van der Waals surface area contributed by atoms with Gasteiger partial charge in [-0.15, -0.1) is 0 Å². The summed E-state index contributed by atoms with van der Waals surface area (Å²) in [6.45, 7) is 8.99. The second kappa shape index (κ2) is 11.7. The van der Waals surface area contributed by atoms with E-state index in [1.165, 1.54) is 6.92 Å². The van der Waals surface area contributed by atoms with Gasteiger partial charge in [-0.05, 0) is 36.9 Å². The molecule has 0 bridgehead atoms. The molecule has 5 nitrogen and oxygen atoms in total. The monoisotopic (exact) mass is 459 g/mol. The van der Waals surface area contributed by atoms with Crippen LogP contribution in [0.4, 0.5) is 5.69 Å². The molecule has 0 aliphatic rings. The molecular weight excluding hydrogens is 430 g/mol. The van der Waals surface area contributed by atoms with Crippen molar-refractivity contribution in [1.82, 2.24) is 10.2 Å². The van der Waals surface area contributed by atoms with Crippen molar-refractivity contribution in [3.8, 4) is 0 Å². The first-order valence-electron chi connectivity index (χ1n) is 10.0. The predicted molar refractivity (Wildman–Crippen MR) is 122 cm³/mol. The number of carbonyl (C=O) groups excluding carboxylic acids is 2. The normalized spacial score (nSPS) is 11.9. The molecule has 1 atom stereocenters. The van der Waals surface area contributed by atoms with Gasteiger partial charge in [0.05, 0.1) is 12.5 Å². The molecule has 0 heterocycles. The van der Waals surface area contributed by atoms with Gasteiger partial charge in [0.15, 0.2) is 0 Å². The fourth-order valence-corrected chi connectivity index (χ4v) is 3.68. The van der Waals surface area contributed by atoms with Crippen molar-refractivity contribution in [2.24, 2.45) is 0 Å². The zero-order valence-electron chi connectivity index (χ0n) is 17.4. The van der Waals surface area contributed by atoms with E-state index >= 15 is 0 Å². The molecule has 0 aliphatic heterocycles. The number of halogens is 1. The summed E-state index contributed by atoms with van der Waals surface area (Å²) in [5.41, 5.74) is 1.78. The number of anilines is 1. The van der Waals surface area contributed by atoms with Gasteiger partial charge in [-0.1, -0.05) is 66.2 Å². The molecule has 0 aliphatic carbocycles. The van der Waals surface area contributed by atoms with Gasteiger partial charge >= 0.3 is 0 Å². The van der Waals surface area contributed by atoms with E-state index in [0.717, 1.165) is 35.4 Å². The van der Waals surface area contributed by atoms with Gasteiger partial charge < -0.3 is 15.1 Å². The number of nitrogens with zero attached hydrogens (tertiary/aromatic N) is 2. The molecule has 29 heavy (non-hydrogen) atoms. The fourth-order valence-electron chi connectivity index (χ4n) is 3.29. The third kappa shape index (κ3) is 7.29. The zero-order chi connectivity index (χ0) is 21.2. The summed E-state index contributed by atoms with van der Waals surface area (Å²) in [5.74, 6) is -0.165. The minimum Gasteiger partial charge on any atom is -0.349 e. The van der Waals surface area contributed by atoms with E-state index in [9.17, 15) is 9.59 Å². The molecule has 0 saturated heterocycles. The zero-order valence-corrected chi connectivity index (χ0v) is 19.0. The Morgan fingerprint density at radius 1 is 1.00 bits per heavy atom. The van der Waals surface area contributed by atoms with Crippen molar-refractivity contribution < 1.29 is 9.59 Å². The van der Waals surface area contributed by atoms with Gasteiger partial charge in [-0.2, -0.15) is 0 Å². The molecule has 1 N–H and O–H groups in total. The molecule has 2 amide bonds. The van der Waals surface area contributed by atoms with E-state index in [0.29, 0.717) is 6.54 Å². The number of hydrogen-bond donors (Lipinski definition) is 1. The lowest BCUT2D eigenvalue weighted by molar-refractivity contribution is -0.121. The number of amides is 2. The highest BCUT2D eigenvalue weighted by atomic mass is 79.9. The van der Waals surface area contributed by atoms with Crippen LogP contribution in [0.2, 0.25) is 0 Å². The standard InChI is InChI=1S/C23H30BrN3O2/c1-4-26(5-2)14-15-27(21-13-9-12-20(24)16-21)23(29)17-22(25-18(3)28)19-10-7-6-8-11-19/h6-13,16,22H,4-5,14-15,17H2,1-3H3,(H,25,28). The van der Waals surface area contributed by atoms with E-state index in [1.807, 2.05) is 59.5 Å². The molecule has 0 radical (unpaired) electrons. The molecule has 0 fully saturated rings. The maximum absolute atomic E-state index is 13.4. The van der Waals surface area contributed by atoms with Crippen molar-refractivity contribution in [2.75, 3.05) is 31.1 Å². The Kier molecular flexibility index (Phi) is 9.35. The Hall–Kier alpha value is -2.18. The molecule has 0 aromatic heterocycles. The summed E-state index contributed by atoms with van der Waals surface area (Å²) < 4.78 is 0.928. The Balaban J connectivity index is 2.25. The summed E-state index contributed by atoms with van der Waals surface area (Å²) in [6, 6.07) is 17.1. The molecule has 2 aromatic rings. The van der Waals surface area contributed by atoms with Crippen LogP contribution in [0.25, 0.3) is 0 Å². The highest BCUT2D eigenvalue weighted by Crippen LogP contribution is 2.24. The van der Waals surface area contributed by atoms with Crippen LogP contribution in [-0.4, -0.2) is 42.9 Å². The summed E-state index contributed by atoms with van der Waals surface area (Å²) >= 11 is 3.50. The maximum atomic E-state index is 13.4. The van der Waals surface area contributed by atoms with Gasteiger partial charge in [-0.3, -0.25) is 9.59 Å². The van der Waals surface area contributed by atoms with Crippen molar-refractivity contribution in [3.63, 3.8) is 0 Å². The number of likely N-dealkylation sites (N-methyl/N-ethyl adjacent to an activating group) is 1. The van der Waals surface area contributed by atoms with Crippen LogP contribution in [0, 0.1) is 0 Å². The summed E-state index contributed by atoms with van der Waals surface area (Å²) in [6.07, 6.45) is 0.203. The van der Waals surface area contributed by atoms with Gasteiger partial charge in [0.2, 0.25) is 11.8 Å². The molecule has 1 unspecified atom stereocenters. The summed E-state index contributed by atoms with van der Waals surface area (Å²) in [4.78, 5) is 29.2. The van der Waals surface area contributed by atoms with Crippen molar-refractivity contribution in [2.45, 2.75) is 33.2 Å². The van der Waals surface area contributed by atoms with E-state index in [4.69, 9.17) is 0 Å². The van der Waals surface area contributed by atoms with Crippen LogP contribution in [-0.2, 0) is 9.59 Å². The lowest BCUT2D eigenvalue weighted by Gasteiger charge is -2.28. The first-order valence-corrected chi connectivity index (χ1v) is 10.8. The third-order valence-corrected chi connectivity index (χ3v) is 5.41. The Bertz CT molecular complexity index is 794. The highest BCUT2D eigenvalue weighted by molar-refractivity contribution is 9.10. The smallest absolute Gasteiger partial charge is 0.229 e. The first-order chi connectivity index (χ1) is 13.9. The fraction of sp³-hybridized carbons (Fsp3) is 0.391. The second-order valence-corrected chi connectivity index (χ2v) is 7.84. The lowest BCUT2D eigenvalue weighted by atomic mass is 10.0. The number of benzene rings is 2. The summed E-state index contributed by atoms with van der Waals surface area (Å²) in [5, 5.41) is 2.93. The van der Waals surface area contributed by atoms with Crippen molar-refractivity contribution in [3.05, 3.63) is 64.6 Å². The Morgan fingerprint density at radius 2 is 1.69 bits per heavy atom. The van der Waals surface area contributed by atoms with Crippen LogP contribution in [0.3, 0.4) is 0 Å². The maximum Gasteiger partial charge on any atom is 0.229 e. The molecule has 2 rings (SSSR count). The average molecular weight is 460 g/mol. The van der Waals surface area contributed by atoms with Crippen LogP contribution in [0.15, 0.2) is 59.1 Å². The number of rotatable bonds is 10. The van der Waals surface area contributed by atoms with Crippen LogP contribution in [0.1, 0.15) is 38.8 Å². The number of nitrogens with one attached hydrogen (secondary N) is 1. The largest absolute Gasteiger partial charge is 0.349 e. The minimum atomic E-state index is -0.357. The summed E-state index contributed by atoms with van der Waals surface area (Å²) in [7, 11) is 0. The van der Waals surface area contributed by atoms with E-state index in [-0.39, 0.29) is 24.3 Å². The van der Waals surface area contributed by atoms with Crippen molar-refractivity contribution in [1.29, 1.82) is 0 Å². The molecule has 6 heteroatoms. The lowest BCUT2D eigenvalue weighted by Crippen LogP contribution is -2.40. The average Bonchev–Trinajstić information content (AvgIpc) is 2.71. The topological polar surface area (TPSA) is 52.6 Å². The van der Waals surface area contributed by atoms with Crippen molar-refractivity contribution >= 4 is 33.4 Å². The van der Waals surface area contributed by atoms with Crippen LogP contribution >= 0.6 is 15.9 Å². The third-order valence-electron chi connectivity index (χ3n) is 4.91. The molecule has 2 aromatic carbocycles. The number of carbonyl (C=O) groups is 2. The predicted octanol–water partition coefficient (Wildman–Crippen LogP) is 4.39. The van der Waals surface area contributed by atoms with Crippen LogP contribution < -0.4 is 10.2 Å². The second-order valence-electron chi connectivity index (χ2n) is 6.92. The van der Waals surface area contributed by atoms with E-state index in [1.54, 1.807) is 0 Å². The molecule has 0 saturated carbocycles. The van der Waals surface area contributed by atoms with E-state index in [2.05, 4.69) is 40.0 Å². The highest BCUT2D eigenvalue weighted by Gasteiger charge is 2.23. The molecule has 0 spiro atoms. The quantitative estimate of drug-likeness (QED) is 0.572. The Morgan fingerprint density at radius 3 is 2.28 bits per heavy atom. The van der Waals surface area contributed by atoms with Gasteiger partial charge in [0, 0.05) is 30.2 Å². The Labute approximate surface area is 182 Å². The molecular formula is C23H30BrN3O2. The van der Waals surface area contributed by atoms with E-state index < -0.39 is 0 Å². The first kappa shape index (κ1) is 23.1. The molecule has 156 valence electrons.